The molecule has 1 fully saturated rings. The lowest BCUT2D eigenvalue weighted by molar-refractivity contribution is 0.0941. The number of amides is 1. The van der Waals surface area contributed by atoms with Crippen LogP contribution in [0.25, 0.3) is 0 Å². The molecular weight excluding hydrogens is 252 g/mol. The Bertz CT molecular complexity index is 557. The number of hydrogen-bond donors (Lipinski definition) is 2. The first-order valence-corrected chi connectivity index (χ1v) is 6.25. The van der Waals surface area contributed by atoms with Crippen LogP contribution in [0.15, 0.2) is 24.5 Å². The summed E-state index contributed by atoms with van der Waals surface area (Å²) in [4.78, 5) is 12.1. The van der Waals surface area contributed by atoms with E-state index in [1.165, 1.54) is 0 Å². The molecule has 0 unspecified atom stereocenters. The van der Waals surface area contributed by atoms with E-state index in [2.05, 4.69) is 15.5 Å². The van der Waals surface area contributed by atoms with Gasteiger partial charge in [0, 0.05) is 18.4 Å². The Labute approximate surface area is 109 Å². The third-order valence-corrected chi connectivity index (χ3v) is 3.19. The van der Waals surface area contributed by atoms with Gasteiger partial charge in [-0.05, 0) is 25.0 Å². The van der Waals surface area contributed by atoms with Gasteiger partial charge in [0.1, 0.15) is 5.69 Å². The second-order valence-corrected chi connectivity index (χ2v) is 4.88. The van der Waals surface area contributed by atoms with E-state index in [0.29, 0.717) is 23.3 Å². The predicted molar refractivity (Wildman–Crippen MR) is 67.5 cm³/mol. The van der Waals surface area contributed by atoms with Crippen LogP contribution in [0.2, 0.25) is 5.02 Å². The molecule has 0 spiro atoms. The van der Waals surface area contributed by atoms with E-state index in [0.717, 1.165) is 18.5 Å². The van der Waals surface area contributed by atoms with Crippen molar-refractivity contribution in [3.63, 3.8) is 0 Å². The normalized spacial score (nSPS) is 14.7. The van der Waals surface area contributed by atoms with Crippen molar-refractivity contribution in [3.05, 3.63) is 40.9 Å². The highest BCUT2D eigenvalue weighted by Crippen LogP contribution is 2.37. The molecule has 3 rings (SSSR count). The summed E-state index contributed by atoms with van der Waals surface area (Å²) in [7, 11) is 0. The SMILES string of the molecule is O=C(NCc1ccn[nH]1)c1cc(Cl)cn1C1CC1. The number of aromatic amines is 1. The van der Waals surface area contributed by atoms with Crippen molar-refractivity contribution in [2.45, 2.75) is 25.4 Å². The largest absolute Gasteiger partial charge is 0.345 e. The maximum Gasteiger partial charge on any atom is 0.268 e. The molecule has 2 N–H and O–H groups in total. The zero-order valence-electron chi connectivity index (χ0n) is 9.69. The average molecular weight is 265 g/mol. The Morgan fingerprint density at radius 3 is 3.11 bits per heavy atom. The molecule has 1 amide bonds. The third kappa shape index (κ3) is 2.26. The highest BCUT2D eigenvalue weighted by atomic mass is 35.5. The molecule has 1 aliphatic carbocycles. The predicted octanol–water partition coefficient (Wildman–Crippen LogP) is 2.13. The van der Waals surface area contributed by atoms with Crippen LogP contribution in [0.4, 0.5) is 0 Å². The van der Waals surface area contributed by atoms with Gasteiger partial charge >= 0.3 is 0 Å². The number of hydrogen-bond acceptors (Lipinski definition) is 2. The van der Waals surface area contributed by atoms with E-state index < -0.39 is 0 Å². The monoisotopic (exact) mass is 264 g/mol. The minimum Gasteiger partial charge on any atom is -0.345 e. The maximum absolute atomic E-state index is 12.1. The molecule has 0 radical (unpaired) electrons. The number of nitrogens with zero attached hydrogens (tertiary/aromatic N) is 2. The van der Waals surface area contributed by atoms with E-state index in [9.17, 15) is 4.79 Å². The molecule has 0 aliphatic heterocycles. The zero-order chi connectivity index (χ0) is 12.5. The van der Waals surface area contributed by atoms with Crippen molar-refractivity contribution < 1.29 is 4.79 Å². The van der Waals surface area contributed by atoms with Gasteiger partial charge in [0.05, 0.1) is 17.3 Å². The van der Waals surface area contributed by atoms with Crippen molar-refractivity contribution in [1.82, 2.24) is 20.1 Å². The molecule has 18 heavy (non-hydrogen) atoms. The first kappa shape index (κ1) is 11.3. The number of halogens is 1. The lowest BCUT2D eigenvalue weighted by atomic mass is 10.3. The number of aromatic nitrogens is 3. The van der Waals surface area contributed by atoms with Gasteiger partial charge in [0.25, 0.3) is 5.91 Å². The molecule has 2 aromatic rings. The molecular formula is C12H13ClN4O. The van der Waals surface area contributed by atoms with Gasteiger partial charge in [-0.15, -0.1) is 0 Å². The fourth-order valence-corrected chi connectivity index (χ4v) is 2.14. The molecule has 94 valence electrons. The van der Waals surface area contributed by atoms with Crippen LogP contribution in [0.5, 0.6) is 0 Å². The number of rotatable bonds is 4. The molecule has 2 aromatic heterocycles. The lowest BCUT2D eigenvalue weighted by Gasteiger charge is -2.07. The van der Waals surface area contributed by atoms with Crippen LogP contribution in [0.3, 0.4) is 0 Å². The van der Waals surface area contributed by atoms with Crippen molar-refractivity contribution in [2.24, 2.45) is 0 Å². The van der Waals surface area contributed by atoms with Crippen molar-refractivity contribution in [2.75, 3.05) is 0 Å². The van der Waals surface area contributed by atoms with Crippen LogP contribution in [-0.2, 0) is 6.54 Å². The molecule has 6 heteroatoms. The summed E-state index contributed by atoms with van der Waals surface area (Å²) in [5.74, 6) is -0.108. The van der Waals surface area contributed by atoms with E-state index in [1.54, 1.807) is 12.3 Å². The van der Waals surface area contributed by atoms with Crippen LogP contribution in [0, 0.1) is 0 Å². The molecule has 0 atom stereocenters. The fourth-order valence-electron chi connectivity index (χ4n) is 1.93. The van der Waals surface area contributed by atoms with E-state index in [1.807, 2.05) is 16.8 Å². The van der Waals surface area contributed by atoms with Crippen LogP contribution >= 0.6 is 11.6 Å². The first-order valence-electron chi connectivity index (χ1n) is 5.88. The summed E-state index contributed by atoms with van der Waals surface area (Å²) < 4.78 is 1.96. The summed E-state index contributed by atoms with van der Waals surface area (Å²) in [6.07, 6.45) is 5.72. The molecule has 5 nitrogen and oxygen atoms in total. The molecule has 0 aromatic carbocycles. The quantitative estimate of drug-likeness (QED) is 0.889. The van der Waals surface area contributed by atoms with Crippen LogP contribution < -0.4 is 5.32 Å². The fraction of sp³-hybridized carbons (Fsp3) is 0.333. The van der Waals surface area contributed by atoms with Gasteiger partial charge in [0.2, 0.25) is 0 Å². The van der Waals surface area contributed by atoms with Crippen molar-refractivity contribution in [1.29, 1.82) is 0 Å². The minimum atomic E-state index is -0.108. The first-order chi connectivity index (χ1) is 8.74. The number of carbonyl (C=O) groups is 1. The second-order valence-electron chi connectivity index (χ2n) is 4.45. The van der Waals surface area contributed by atoms with Crippen molar-refractivity contribution >= 4 is 17.5 Å². The van der Waals surface area contributed by atoms with E-state index in [-0.39, 0.29) is 5.91 Å². The Kier molecular flexibility index (Phi) is 2.83. The molecule has 0 bridgehead atoms. The summed E-state index contributed by atoms with van der Waals surface area (Å²) in [5, 5.41) is 10.1. The van der Waals surface area contributed by atoms with Gasteiger partial charge in [-0.3, -0.25) is 9.89 Å². The molecule has 2 heterocycles. The molecule has 0 saturated heterocycles. The second kappa shape index (κ2) is 4.49. The van der Waals surface area contributed by atoms with Crippen molar-refractivity contribution in [3.8, 4) is 0 Å². The summed E-state index contributed by atoms with van der Waals surface area (Å²) in [5.41, 5.74) is 1.50. The van der Waals surface area contributed by atoms with Gasteiger partial charge < -0.3 is 9.88 Å². The topological polar surface area (TPSA) is 62.7 Å². The highest BCUT2D eigenvalue weighted by Gasteiger charge is 2.27. The zero-order valence-corrected chi connectivity index (χ0v) is 10.4. The third-order valence-electron chi connectivity index (χ3n) is 2.99. The maximum atomic E-state index is 12.1. The molecule has 1 aliphatic rings. The Balaban J connectivity index is 1.71. The average Bonchev–Trinajstić information content (AvgIpc) is 2.92. The minimum absolute atomic E-state index is 0.108. The smallest absolute Gasteiger partial charge is 0.268 e. The lowest BCUT2D eigenvalue weighted by Crippen LogP contribution is -2.25. The van der Waals surface area contributed by atoms with Crippen LogP contribution in [0.1, 0.15) is 35.1 Å². The Morgan fingerprint density at radius 1 is 1.61 bits per heavy atom. The number of H-pyrrole nitrogens is 1. The summed E-state index contributed by atoms with van der Waals surface area (Å²) >= 11 is 5.96. The standard InChI is InChI=1S/C12H13ClN4O/c13-8-5-11(17(7-8)10-1-2-10)12(18)14-6-9-3-4-15-16-9/h3-5,7,10H,1-2,6H2,(H,14,18)(H,15,16). The summed E-state index contributed by atoms with van der Waals surface area (Å²) in [6.45, 7) is 0.437. The van der Waals surface area contributed by atoms with Crippen LogP contribution in [-0.4, -0.2) is 20.7 Å². The number of carbonyl (C=O) groups excluding carboxylic acids is 1. The Hall–Kier alpha value is -1.75. The van der Waals surface area contributed by atoms with Gasteiger partial charge in [-0.2, -0.15) is 5.10 Å². The Morgan fingerprint density at radius 2 is 2.44 bits per heavy atom. The van der Waals surface area contributed by atoms with Gasteiger partial charge in [-0.25, -0.2) is 0 Å². The van der Waals surface area contributed by atoms with E-state index >= 15 is 0 Å². The van der Waals surface area contributed by atoms with Gasteiger partial charge in [-0.1, -0.05) is 11.6 Å². The van der Waals surface area contributed by atoms with E-state index in [4.69, 9.17) is 11.6 Å². The summed E-state index contributed by atoms with van der Waals surface area (Å²) in [6, 6.07) is 3.97. The number of nitrogens with one attached hydrogen (secondary N) is 2. The highest BCUT2D eigenvalue weighted by molar-refractivity contribution is 6.31. The molecule has 1 saturated carbocycles. The van der Waals surface area contributed by atoms with Gasteiger partial charge in [0.15, 0.2) is 0 Å².